The Labute approximate surface area is 198 Å². The minimum Gasteiger partial charge on any atom is -0.457 e. The number of carbonyl (C=O) groups is 2. The van der Waals surface area contributed by atoms with Crippen LogP contribution in [0.4, 0.5) is 4.79 Å². The van der Waals surface area contributed by atoms with Crippen molar-refractivity contribution in [2.75, 3.05) is 20.2 Å². The average Bonchev–Trinajstić information content (AvgIpc) is 3.09. The standard InChI is InChI=1S/C21H27IN4O4S/c1-4-9-29-19(27)18-16(10-17-21(23,12-26(17)18)13(2)30-31-22)15-7-5-14(6-8-15)11-25-20(28)24-3/h4-8,13,17H,1,9-12,23H2,2-3H3,(H2,24,25,28). The van der Waals surface area contributed by atoms with Crippen LogP contribution < -0.4 is 16.4 Å². The van der Waals surface area contributed by atoms with Gasteiger partial charge in [-0.25, -0.2) is 9.59 Å². The zero-order valence-corrected chi connectivity index (χ0v) is 20.5. The number of rotatable bonds is 9. The third-order valence-electron chi connectivity index (χ3n) is 5.86. The van der Waals surface area contributed by atoms with Crippen molar-refractivity contribution >= 4 is 48.0 Å². The summed E-state index contributed by atoms with van der Waals surface area (Å²) >= 11 is 2.08. The summed E-state index contributed by atoms with van der Waals surface area (Å²) in [5.41, 5.74) is 9.50. The molecule has 2 aliphatic heterocycles. The number of urea groups is 1. The lowest BCUT2D eigenvalue weighted by Gasteiger charge is -2.56. The van der Waals surface area contributed by atoms with Gasteiger partial charge in [-0.3, -0.25) is 0 Å². The summed E-state index contributed by atoms with van der Waals surface area (Å²) in [5, 5.41) is 5.28. The summed E-state index contributed by atoms with van der Waals surface area (Å²) in [6, 6.07) is 7.52. The molecule has 1 aromatic carbocycles. The van der Waals surface area contributed by atoms with E-state index in [2.05, 4.69) is 38.4 Å². The lowest BCUT2D eigenvalue weighted by molar-refractivity contribution is -0.142. The Morgan fingerprint density at radius 2 is 2.16 bits per heavy atom. The summed E-state index contributed by atoms with van der Waals surface area (Å²) in [7, 11) is 2.84. The van der Waals surface area contributed by atoms with Crippen LogP contribution in [0.3, 0.4) is 0 Å². The minimum absolute atomic E-state index is 0.0399. The molecule has 2 heterocycles. The fourth-order valence-electron chi connectivity index (χ4n) is 4.02. The van der Waals surface area contributed by atoms with Gasteiger partial charge in [-0.2, -0.15) is 0 Å². The van der Waals surface area contributed by atoms with Crippen LogP contribution in [0.15, 0.2) is 42.6 Å². The fraction of sp³-hybridized carbons (Fsp3) is 0.429. The van der Waals surface area contributed by atoms with Crippen molar-refractivity contribution in [3.8, 4) is 0 Å². The predicted octanol–water partition coefficient (Wildman–Crippen LogP) is 2.74. The summed E-state index contributed by atoms with van der Waals surface area (Å²) in [4.78, 5) is 26.3. The van der Waals surface area contributed by atoms with Gasteiger partial charge in [0.25, 0.3) is 0 Å². The second kappa shape index (κ2) is 10.2. The topological polar surface area (TPSA) is 106 Å². The predicted molar refractivity (Wildman–Crippen MR) is 130 cm³/mol. The number of ether oxygens (including phenoxy) is 1. The van der Waals surface area contributed by atoms with Crippen LogP contribution in [0.25, 0.3) is 5.57 Å². The molecule has 31 heavy (non-hydrogen) atoms. The summed E-state index contributed by atoms with van der Waals surface area (Å²) < 4.78 is 11.1. The molecule has 0 aromatic heterocycles. The van der Waals surface area contributed by atoms with Crippen molar-refractivity contribution in [1.82, 2.24) is 15.5 Å². The second-order valence-corrected chi connectivity index (χ2v) is 9.00. The molecular formula is C21H27IN4O4S. The number of nitrogens with zero attached hydrogens (tertiary/aromatic N) is 1. The van der Waals surface area contributed by atoms with Crippen LogP contribution in [-0.4, -0.2) is 54.8 Å². The molecule has 0 saturated carbocycles. The first-order valence-electron chi connectivity index (χ1n) is 9.91. The van der Waals surface area contributed by atoms with E-state index in [4.69, 9.17) is 14.7 Å². The Hall–Kier alpha value is -1.76. The zero-order chi connectivity index (χ0) is 22.6. The number of nitrogens with one attached hydrogen (secondary N) is 2. The van der Waals surface area contributed by atoms with Gasteiger partial charge in [0.05, 0.1) is 26.9 Å². The molecule has 2 aliphatic rings. The van der Waals surface area contributed by atoms with Gasteiger partial charge < -0.3 is 30.2 Å². The van der Waals surface area contributed by atoms with Crippen LogP contribution in [-0.2, 0) is 20.3 Å². The lowest BCUT2D eigenvalue weighted by atomic mass is 9.76. The van der Waals surface area contributed by atoms with Crippen LogP contribution in [0.2, 0.25) is 0 Å². The molecule has 3 unspecified atom stereocenters. The van der Waals surface area contributed by atoms with Crippen LogP contribution >= 0.6 is 30.4 Å². The number of halogens is 1. The molecular weight excluding hydrogens is 531 g/mol. The highest BCUT2D eigenvalue weighted by molar-refractivity contribution is 14.2. The van der Waals surface area contributed by atoms with Gasteiger partial charge in [0.1, 0.15) is 12.3 Å². The highest BCUT2D eigenvalue weighted by Crippen LogP contribution is 2.48. The lowest BCUT2D eigenvalue weighted by Crippen LogP contribution is -2.77. The van der Waals surface area contributed by atoms with E-state index in [0.29, 0.717) is 25.2 Å². The van der Waals surface area contributed by atoms with E-state index in [1.807, 2.05) is 36.1 Å². The molecule has 168 valence electrons. The smallest absolute Gasteiger partial charge is 0.355 e. The Balaban J connectivity index is 1.84. The maximum absolute atomic E-state index is 12.9. The Morgan fingerprint density at radius 1 is 1.45 bits per heavy atom. The van der Waals surface area contributed by atoms with Gasteiger partial charge in [-0.15, -0.1) is 0 Å². The SMILES string of the molecule is C=CCOC(=O)C1=C(c2ccc(CNC(=O)NC)cc2)CC2N1CC2(N)C(C)OSI. The number of esters is 1. The number of hydrogen-bond acceptors (Lipinski definition) is 7. The van der Waals surface area contributed by atoms with Gasteiger partial charge in [-0.05, 0) is 30.0 Å². The summed E-state index contributed by atoms with van der Waals surface area (Å²) in [6.45, 7) is 6.66. The van der Waals surface area contributed by atoms with Crippen LogP contribution in [0.5, 0.6) is 0 Å². The van der Waals surface area contributed by atoms with E-state index in [1.165, 1.54) is 9.21 Å². The monoisotopic (exact) mass is 558 g/mol. The average molecular weight is 558 g/mol. The number of fused-ring (bicyclic) bond motifs is 1. The second-order valence-electron chi connectivity index (χ2n) is 7.61. The molecule has 0 spiro atoms. The Kier molecular flexibility index (Phi) is 7.89. The molecule has 1 saturated heterocycles. The molecule has 0 aliphatic carbocycles. The normalized spacial score (nSPS) is 23.0. The maximum atomic E-state index is 12.9. The van der Waals surface area contributed by atoms with Gasteiger partial charge in [0.2, 0.25) is 0 Å². The van der Waals surface area contributed by atoms with E-state index in [1.54, 1.807) is 13.1 Å². The Morgan fingerprint density at radius 3 is 2.77 bits per heavy atom. The van der Waals surface area contributed by atoms with Gasteiger partial charge >= 0.3 is 12.0 Å². The third-order valence-corrected chi connectivity index (χ3v) is 6.84. The minimum atomic E-state index is -0.554. The zero-order valence-electron chi connectivity index (χ0n) is 17.5. The van der Waals surface area contributed by atoms with Crippen molar-refractivity contribution < 1.29 is 18.5 Å². The molecule has 8 nitrogen and oxygen atoms in total. The highest BCUT2D eigenvalue weighted by atomic mass is 127. The largest absolute Gasteiger partial charge is 0.457 e. The molecule has 1 aromatic rings. The number of hydrogen-bond donors (Lipinski definition) is 3. The molecule has 10 heteroatoms. The van der Waals surface area contributed by atoms with E-state index in [-0.39, 0.29) is 30.8 Å². The molecule has 0 bridgehead atoms. The van der Waals surface area contributed by atoms with Gasteiger partial charge in [-0.1, -0.05) is 36.9 Å². The van der Waals surface area contributed by atoms with E-state index in [9.17, 15) is 9.59 Å². The number of nitrogens with two attached hydrogens (primary N) is 1. The molecule has 4 N–H and O–H groups in total. The van der Waals surface area contributed by atoms with E-state index < -0.39 is 5.54 Å². The molecule has 0 radical (unpaired) electrons. The maximum Gasteiger partial charge on any atom is 0.355 e. The van der Waals surface area contributed by atoms with Gasteiger partial charge in [0, 0.05) is 41.3 Å². The number of amides is 2. The highest BCUT2D eigenvalue weighted by Gasteiger charge is 2.59. The summed E-state index contributed by atoms with van der Waals surface area (Å²) in [6.07, 6.45) is 2.01. The number of benzene rings is 1. The first-order chi connectivity index (χ1) is 14.8. The molecule has 2 amide bonds. The fourth-order valence-corrected chi connectivity index (χ4v) is 5.25. The van der Waals surface area contributed by atoms with Crippen molar-refractivity contribution in [2.24, 2.45) is 5.73 Å². The quantitative estimate of drug-likeness (QED) is 0.185. The van der Waals surface area contributed by atoms with Crippen LogP contribution in [0.1, 0.15) is 24.5 Å². The third kappa shape index (κ3) is 4.86. The van der Waals surface area contributed by atoms with E-state index in [0.717, 1.165) is 16.7 Å². The van der Waals surface area contributed by atoms with Crippen molar-refractivity contribution in [3.05, 3.63) is 53.7 Å². The van der Waals surface area contributed by atoms with Crippen molar-refractivity contribution in [3.63, 3.8) is 0 Å². The first kappa shape index (κ1) is 23.9. The molecule has 3 rings (SSSR count). The first-order valence-corrected chi connectivity index (χ1v) is 13.2. The molecule has 3 atom stereocenters. The Bertz CT molecular complexity index is 879. The van der Waals surface area contributed by atoms with Crippen LogP contribution in [0, 0.1) is 0 Å². The van der Waals surface area contributed by atoms with Crippen molar-refractivity contribution in [2.45, 2.75) is 37.6 Å². The van der Waals surface area contributed by atoms with E-state index >= 15 is 0 Å². The number of carbonyl (C=O) groups excluding carboxylic acids is 2. The van der Waals surface area contributed by atoms with Gasteiger partial charge in [0.15, 0.2) is 0 Å². The molecule has 1 fully saturated rings. The van der Waals surface area contributed by atoms with Crippen molar-refractivity contribution in [1.29, 1.82) is 0 Å². The summed E-state index contributed by atoms with van der Waals surface area (Å²) in [5.74, 6) is -0.373.